The van der Waals surface area contributed by atoms with E-state index >= 15 is 0 Å². The van der Waals surface area contributed by atoms with Crippen molar-refractivity contribution in [2.45, 2.75) is 26.8 Å². The van der Waals surface area contributed by atoms with Crippen LogP contribution in [0, 0.1) is 13.8 Å². The van der Waals surface area contributed by atoms with Gasteiger partial charge < -0.3 is 15.5 Å². The van der Waals surface area contributed by atoms with E-state index in [2.05, 4.69) is 59.8 Å². The van der Waals surface area contributed by atoms with Crippen LogP contribution in [-0.4, -0.2) is 44.0 Å². The molecule has 0 heterocycles. The Kier molecular flexibility index (Phi) is 7.86. The van der Waals surface area contributed by atoms with Crippen molar-refractivity contribution in [3.63, 3.8) is 0 Å². The fraction of sp³-hybridized carbons (Fsp3) is 0.364. The molecule has 27 heavy (non-hydrogen) atoms. The first-order valence-corrected chi connectivity index (χ1v) is 9.28. The maximum atomic E-state index is 11.9. The number of amides is 1. The molecule has 0 radical (unpaired) electrons. The summed E-state index contributed by atoms with van der Waals surface area (Å²) < 4.78 is 0. The molecule has 0 spiro atoms. The quantitative estimate of drug-likeness (QED) is 0.585. The van der Waals surface area contributed by atoms with Crippen LogP contribution >= 0.6 is 0 Å². The van der Waals surface area contributed by atoms with Crippen molar-refractivity contribution >= 4 is 11.9 Å². The molecule has 0 saturated heterocycles. The molecule has 0 saturated carbocycles. The lowest BCUT2D eigenvalue weighted by Gasteiger charge is -2.15. The van der Waals surface area contributed by atoms with E-state index < -0.39 is 0 Å². The number of carbonyl (C=O) groups is 1. The van der Waals surface area contributed by atoms with Gasteiger partial charge in [0.15, 0.2) is 5.96 Å². The van der Waals surface area contributed by atoms with E-state index in [4.69, 9.17) is 0 Å². The van der Waals surface area contributed by atoms with E-state index in [0.29, 0.717) is 12.5 Å². The Balaban J connectivity index is 1.99. The number of nitrogens with one attached hydrogen (secondary N) is 2. The molecule has 2 aromatic rings. The number of nitrogens with zero attached hydrogens (tertiary/aromatic N) is 2. The first kappa shape index (κ1) is 20.5. The second-order valence-electron chi connectivity index (χ2n) is 6.90. The predicted molar refractivity (Wildman–Crippen MR) is 112 cm³/mol. The Labute approximate surface area is 162 Å². The van der Waals surface area contributed by atoms with Crippen molar-refractivity contribution in [2.24, 2.45) is 4.99 Å². The van der Waals surface area contributed by atoms with Crippen LogP contribution in [0.4, 0.5) is 0 Å². The summed E-state index contributed by atoms with van der Waals surface area (Å²) in [5.41, 5.74) is 4.93. The van der Waals surface area contributed by atoms with E-state index in [1.807, 2.05) is 18.2 Å². The number of hydrogen-bond donors (Lipinski definition) is 2. The number of benzene rings is 2. The fourth-order valence-corrected chi connectivity index (χ4v) is 2.65. The molecule has 2 rings (SSSR count). The standard InChI is InChI=1S/C22H30N4O/c1-17-10-11-20(18(2)14-17)15-24-22(25-16-21(27)26(3)4)23-13-12-19-8-6-5-7-9-19/h5-11,14H,12-13,15-16H2,1-4H3,(H2,23,24,25). The van der Waals surface area contributed by atoms with Crippen LogP contribution in [-0.2, 0) is 17.8 Å². The lowest BCUT2D eigenvalue weighted by molar-refractivity contribution is -0.127. The second kappa shape index (κ2) is 10.4. The van der Waals surface area contributed by atoms with Crippen molar-refractivity contribution < 1.29 is 4.79 Å². The van der Waals surface area contributed by atoms with Gasteiger partial charge in [0.1, 0.15) is 0 Å². The minimum Gasteiger partial charge on any atom is -0.356 e. The molecule has 5 nitrogen and oxygen atoms in total. The molecule has 0 aliphatic carbocycles. The molecule has 2 aromatic carbocycles. The molecule has 0 aliphatic heterocycles. The largest absolute Gasteiger partial charge is 0.356 e. The number of carbonyl (C=O) groups excluding carboxylic acids is 1. The van der Waals surface area contributed by atoms with Crippen molar-refractivity contribution in [3.8, 4) is 0 Å². The molecule has 0 bridgehead atoms. The highest BCUT2D eigenvalue weighted by molar-refractivity contribution is 5.86. The number of rotatable bonds is 7. The van der Waals surface area contributed by atoms with Crippen LogP contribution in [0.1, 0.15) is 22.3 Å². The SMILES string of the molecule is Cc1ccc(CN=C(NCCc2ccccc2)NCC(=O)N(C)C)c(C)c1. The topological polar surface area (TPSA) is 56.7 Å². The lowest BCUT2D eigenvalue weighted by Crippen LogP contribution is -2.43. The van der Waals surface area contributed by atoms with Crippen molar-refractivity contribution in [1.82, 2.24) is 15.5 Å². The van der Waals surface area contributed by atoms with E-state index in [1.54, 1.807) is 19.0 Å². The zero-order chi connectivity index (χ0) is 19.6. The van der Waals surface area contributed by atoms with Gasteiger partial charge in [-0.05, 0) is 37.0 Å². The normalized spacial score (nSPS) is 11.2. The van der Waals surface area contributed by atoms with E-state index in [1.165, 1.54) is 22.3 Å². The van der Waals surface area contributed by atoms with Gasteiger partial charge in [0.25, 0.3) is 0 Å². The fourth-order valence-electron chi connectivity index (χ4n) is 2.65. The summed E-state index contributed by atoms with van der Waals surface area (Å²) in [5.74, 6) is 0.667. The number of aryl methyl sites for hydroxylation is 2. The Bertz CT molecular complexity index is 769. The van der Waals surface area contributed by atoms with Crippen molar-refractivity contribution in [1.29, 1.82) is 0 Å². The highest BCUT2D eigenvalue weighted by Gasteiger charge is 2.06. The van der Waals surface area contributed by atoms with Crippen LogP contribution < -0.4 is 10.6 Å². The van der Waals surface area contributed by atoms with Gasteiger partial charge in [-0.1, -0.05) is 54.1 Å². The van der Waals surface area contributed by atoms with E-state index in [-0.39, 0.29) is 12.5 Å². The smallest absolute Gasteiger partial charge is 0.241 e. The minimum atomic E-state index is 0.0130. The van der Waals surface area contributed by atoms with Crippen LogP contribution in [0.3, 0.4) is 0 Å². The third kappa shape index (κ3) is 7.13. The molecule has 0 atom stereocenters. The average Bonchev–Trinajstić information content (AvgIpc) is 2.65. The Morgan fingerprint density at radius 1 is 1.04 bits per heavy atom. The molecular formula is C22H30N4O. The maximum absolute atomic E-state index is 11.9. The number of aliphatic imine (C=N–C) groups is 1. The average molecular weight is 367 g/mol. The van der Waals surface area contributed by atoms with Crippen LogP contribution in [0.5, 0.6) is 0 Å². The Morgan fingerprint density at radius 2 is 1.78 bits per heavy atom. The molecule has 2 N–H and O–H groups in total. The highest BCUT2D eigenvalue weighted by Crippen LogP contribution is 2.11. The predicted octanol–water partition coefficient (Wildman–Crippen LogP) is 2.67. The van der Waals surface area contributed by atoms with Crippen LogP contribution in [0.25, 0.3) is 0 Å². The third-order valence-corrected chi connectivity index (χ3v) is 4.36. The van der Waals surface area contributed by atoms with Gasteiger partial charge >= 0.3 is 0 Å². The minimum absolute atomic E-state index is 0.0130. The summed E-state index contributed by atoms with van der Waals surface area (Å²) in [7, 11) is 3.50. The van der Waals surface area contributed by atoms with Gasteiger partial charge in [-0.15, -0.1) is 0 Å². The molecule has 1 amide bonds. The second-order valence-corrected chi connectivity index (χ2v) is 6.90. The molecule has 144 valence electrons. The monoisotopic (exact) mass is 366 g/mol. The number of likely N-dealkylation sites (N-methyl/N-ethyl adjacent to an activating group) is 1. The summed E-state index contributed by atoms with van der Waals surface area (Å²) in [4.78, 5) is 18.1. The first-order valence-electron chi connectivity index (χ1n) is 9.28. The van der Waals surface area contributed by atoms with Crippen molar-refractivity contribution in [3.05, 3.63) is 70.8 Å². The van der Waals surface area contributed by atoms with Gasteiger partial charge in [-0.2, -0.15) is 0 Å². The van der Waals surface area contributed by atoms with Gasteiger partial charge in [-0.25, -0.2) is 4.99 Å². The molecule has 0 fully saturated rings. The Morgan fingerprint density at radius 3 is 2.44 bits per heavy atom. The number of hydrogen-bond acceptors (Lipinski definition) is 2. The van der Waals surface area contributed by atoms with Gasteiger partial charge in [0.05, 0.1) is 13.1 Å². The molecule has 5 heteroatoms. The molecule has 0 unspecified atom stereocenters. The van der Waals surface area contributed by atoms with Crippen LogP contribution in [0.2, 0.25) is 0 Å². The summed E-state index contributed by atoms with van der Waals surface area (Å²) in [5, 5.41) is 6.47. The van der Waals surface area contributed by atoms with E-state index in [0.717, 1.165) is 13.0 Å². The highest BCUT2D eigenvalue weighted by atomic mass is 16.2. The number of guanidine groups is 1. The van der Waals surface area contributed by atoms with E-state index in [9.17, 15) is 4.79 Å². The van der Waals surface area contributed by atoms with Crippen LogP contribution in [0.15, 0.2) is 53.5 Å². The maximum Gasteiger partial charge on any atom is 0.241 e. The van der Waals surface area contributed by atoms with Crippen molar-refractivity contribution in [2.75, 3.05) is 27.2 Å². The third-order valence-electron chi connectivity index (χ3n) is 4.36. The molecule has 0 aliphatic rings. The van der Waals surface area contributed by atoms with Gasteiger partial charge in [-0.3, -0.25) is 4.79 Å². The molecule has 0 aromatic heterocycles. The Hall–Kier alpha value is -2.82. The van der Waals surface area contributed by atoms with Gasteiger partial charge in [0.2, 0.25) is 5.91 Å². The van der Waals surface area contributed by atoms with Gasteiger partial charge in [0, 0.05) is 20.6 Å². The summed E-state index contributed by atoms with van der Waals surface area (Å²) >= 11 is 0. The molecular weight excluding hydrogens is 336 g/mol. The first-order chi connectivity index (χ1) is 13.0. The summed E-state index contributed by atoms with van der Waals surface area (Å²) in [6.45, 7) is 5.73. The zero-order valence-corrected chi connectivity index (χ0v) is 16.7. The summed E-state index contributed by atoms with van der Waals surface area (Å²) in [6, 6.07) is 16.7. The summed E-state index contributed by atoms with van der Waals surface area (Å²) in [6.07, 6.45) is 0.896. The zero-order valence-electron chi connectivity index (χ0n) is 16.7. The lowest BCUT2D eigenvalue weighted by atomic mass is 10.1.